The second-order valence-corrected chi connectivity index (χ2v) is 6.03. The first-order valence-corrected chi connectivity index (χ1v) is 8.50. The third kappa shape index (κ3) is 4.93. The summed E-state index contributed by atoms with van der Waals surface area (Å²) in [5.41, 5.74) is 0.945. The van der Waals surface area contributed by atoms with Gasteiger partial charge in [0.05, 0.1) is 7.11 Å². The summed E-state index contributed by atoms with van der Waals surface area (Å²) in [4.78, 5) is 16.4. The molecule has 0 spiro atoms. The van der Waals surface area contributed by atoms with E-state index in [1.54, 1.807) is 25.4 Å². The van der Waals surface area contributed by atoms with Gasteiger partial charge in [-0.25, -0.2) is 4.98 Å². The monoisotopic (exact) mass is 341 g/mol. The maximum Gasteiger partial charge on any atom is 0.223 e. The number of rotatable bonds is 6. The van der Waals surface area contributed by atoms with E-state index in [1.807, 2.05) is 24.3 Å². The molecule has 1 saturated heterocycles. The van der Waals surface area contributed by atoms with Crippen molar-refractivity contribution in [2.45, 2.75) is 19.4 Å². The minimum Gasteiger partial charge on any atom is -0.497 e. The lowest BCUT2D eigenvalue weighted by Crippen LogP contribution is -2.37. The highest BCUT2D eigenvalue weighted by Gasteiger charge is 2.20. The molecule has 3 rings (SSSR count). The van der Waals surface area contributed by atoms with Crippen molar-refractivity contribution < 1.29 is 14.3 Å². The summed E-state index contributed by atoms with van der Waals surface area (Å²) in [5.74, 6) is 2.14. The molecule has 2 aromatic rings. The molecule has 2 N–H and O–H groups in total. The predicted molar refractivity (Wildman–Crippen MR) is 94.7 cm³/mol. The van der Waals surface area contributed by atoms with Crippen molar-refractivity contribution in [3.63, 3.8) is 0 Å². The number of ether oxygens (including phenoxy) is 2. The van der Waals surface area contributed by atoms with Crippen LogP contribution in [0.5, 0.6) is 17.4 Å². The number of nitrogens with one attached hydrogen (secondary N) is 2. The third-order valence-corrected chi connectivity index (χ3v) is 4.24. The van der Waals surface area contributed by atoms with E-state index < -0.39 is 0 Å². The van der Waals surface area contributed by atoms with Crippen molar-refractivity contribution in [1.82, 2.24) is 15.6 Å². The Labute approximate surface area is 147 Å². The fourth-order valence-corrected chi connectivity index (χ4v) is 2.78. The number of carbonyl (C=O) groups excluding carboxylic acids is 1. The molecule has 6 nitrogen and oxygen atoms in total. The van der Waals surface area contributed by atoms with Gasteiger partial charge in [-0.05, 0) is 43.6 Å². The number of piperidine rings is 1. The summed E-state index contributed by atoms with van der Waals surface area (Å²) < 4.78 is 10.9. The van der Waals surface area contributed by atoms with Crippen LogP contribution in [0.1, 0.15) is 18.4 Å². The number of aromatic nitrogens is 1. The quantitative estimate of drug-likeness (QED) is 0.845. The van der Waals surface area contributed by atoms with E-state index in [-0.39, 0.29) is 11.8 Å². The van der Waals surface area contributed by atoms with Crippen LogP contribution in [-0.2, 0) is 11.3 Å². The number of nitrogens with zero attached hydrogens (tertiary/aromatic N) is 1. The Morgan fingerprint density at radius 3 is 2.76 bits per heavy atom. The van der Waals surface area contributed by atoms with Crippen LogP contribution < -0.4 is 20.1 Å². The molecule has 0 radical (unpaired) electrons. The van der Waals surface area contributed by atoms with Crippen molar-refractivity contribution >= 4 is 5.91 Å². The predicted octanol–water partition coefficient (Wildman–Crippen LogP) is 2.50. The molecule has 132 valence electrons. The van der Waals surface area contributed by atoms with E-state index in [4.69, 9.17) is 9.47 Å². The average molecular weight is 341 g/mol. The van der Waals surface area contributed by atoms with E-state index in [9.17, 15) is 4.79 Å². The van der Waals surface area contributed by atoms with E-state index in [0.717, 1.165) is 37.2 Å². The van der Waals surface area contributed by atoms with Crippen molar-refractivity contribution in [2.75, 3.05) is 20.2 Å². The molecule has 0 bridgehead atoms. The summed E-state index contributed by atoms with van der Waals surface area (Å²) in [6.45, 7) is 2.31. The normalized spacial score (nSPS) is 14.8. The number of benzene rings is 1. The summed E-state index contributed by atoms with van der Waals surface area (Å²) in [6.07, 6.45) is 3.52. The van der Waals surface area contributed by atoms with Gasteiger partial charge in [-0.3, -0.25) is 4.79 Å². The fourth-order valence-electron chi connectivity index (χ4n) is 2.78. The van der Waals surface area contributed by atoms with Gasteiger partial charge in [-0.15, -0.1) is 0 Å². The van der Waals surface area contributed by atoms with Gasteiger partial charge >= 0.3 is 0 Å². The zero-order chi connectivity index (χ0) is 17.5. The van der Waals surface area contributed by atoms with Gasteiger partial charge in [0.15, 0.2) is 0 Å². The number of amides is 1. The van der Waals surface area contributed by atoms with Crippen molar-refractivity contribution in [2.24, 2.45) is 5.92 Å². The van der Waals surface area contributed by atoms with Crippen LogP contribution in [0.3, 0.4) is 0 Å². The molecule has 2 heterocycles. The summed E-state index contributed by atoms with van der Waals surface area (Å²) in [7, 11) is 1.62. The molecule has 1 fully saturated rings. The van der Waals surface area contributed by atoms with Gasteiger partial charge in [0, 0.05) is 30.8 Å². The second-order valence-electron chi connectivity index (χ2n) is 6.03. The Morgan fingerprint density at radius 2 is 2.04 bits per heavy atom. The summed E-state index contributed by atoms with van der Waals surface area (Å²) >= 11 is 0. The molecule has 0 unspecified atom stereocenters. The second kappa shape index (κ2) is 8.48. The van der Waals surface area contributed by atoms with Gasteiger partial charge in [0.25, 0.3) is 0 Å². The zero-order valence-corrected chi connectivity index (χ0v) is 14.3. The highest BCUT2D eigenvalue weighted by Crippen LogP contribution is 2.23. The van der Waals surface area contributed by atoms with E-state index in [0.29, 0.717) is 18.2 Å². The maximum absolute atomic E-state index is 12.1. The molecule has 1 amide bonds. The first kappa shape index (κ1) is 17.2. The lowest BCUT2D eigenvalue weighted by molar-refractivity contribution is -0.125. The first-order valence-electron chi connectivity index (χ1n) is 8.50. The van der Waals surface area contributed by atoms with Gasteiger partial charge in [0.1, 0.15) is 11.5 Å². The molecule has 1 aromatic carbocycles. The number of methoxy groups -OCH3 is 1. The summed E-state index contributed by atoms with van der Waals surface area (Å²) in [6, 6.07) is 11.1. The molecule has 0 aliphatic carbocycles. The SMILES string of the molecule is COc1cccc(Oc2ccc(CNC(=O)C3CCNCC3)cn2)c1. The lowest BCUT2D eigenvalue weighted by Gasteiger charge is -2.21. The van der Waals surface area contributed by atoms with Crippen LogP contribution in [0, 0.1) is 5.92 Å². The third-order valence-electron chi connectivity index (χ3n) is 4.24. The van der Waals surface area contributed by atoms with Crippen LogP contribution in [-0.4, -0.2) is 31.1 Å². The van der Waals surface area contributed by atoms with E-state index >= 15 is 0 Å². The van der Waals surface area contributed by atoms with Gasteiger partial charge in [-0.1, -0.05) is 12.1 Å². The number of hydrogen-bond donors (Lipinski definition) is 2. The number of pyridine rings is 1. The van der Waals surface area contributed by atoms with Gasteiger partial charge in [0.2, 0.25) is 11.8 Å². The Balaban J connectivity index is 1.52. The van der Waals surface area contributed by atoms with Gasteiger partial charge in [-0.2, -0.15) is 0 Å². The zero-order valence-electron chi connectivity index (χ0n) is 14.3. The highest BCUT2D eigenvalue weighted by atomic mass is 16.5. The lowest BCUT2D eigenvalue weighted by atomic mass is 9.97. The Morgan fingerprint density at radius 1 is 1.24 bits per heavy atom. The van der Waals surface area contributed by atoms with Crippen molar-refractivity contribution in [1.29, 1.82) is 0 Å². The highest BCUT2D eigenvalue weighted by molar-refractivity contribution is 5.78. The van der Waals surface area contributed by atoms with Crippen LogP contribution in [0.2, 0.25) is 0 Å². The van der Waals surface area contributed by atoms with E-state index in [1.165, 1.54) is 0 Å². The molecule has 0 atom stereocenters. The minimum absolute atomic E-state index is 0.116. The van der Waals surface area contributed by atoms with Crippen LogP contribution in [0.4, 0.5) is 0 Å². The molecular formula is C19H23N3O3. The van der Waals surface area contributed by atoms with Crippen LogP contribution in [0.15, 0.2) is 42.6 Å². The molecular weight excluding hydrogens is 318 g/mol. The molecule has 6 heteroatoms. The van der Waals surface area contributed by atoms with Gasteiger partial charge < -0.3 is 20.1 Å². The smallest absolute Gasteiger partial charge is 0.223 e. The Kier molecular flexibility index (Phi) is 5.85. The topological polar surface area (TPSA) is 72.5 Å². The number of hydrogen-bond acceptors (Lipinski definition) is 5. The van der Waals surface area contributed by atoms with E-state index in [2.05, 4.69) is 15.6 Å². The largest absolute Gasteiger partial charge is 0.497 e. The molecule has 25 heavy (non-hydrogen) atoms. The molecule has 1 aromatic heterocycles. The van der Waals surface area contributed by atoms with Crippen molar-refractivity contribution in [3.8, 4) is 17.4 Å². The Bertz CT molecular complexity index is 697. The average Bonchev–Trinajstić information content (AvgIpc) is 2.68. The number of carbonyl (C=O) groups is 1. The molecule has 0 saturated carbocycles. The van der Waals surface area contributed by atoms with Crippen LogP contribution in [0.25, 0.3) is 0 Å². The molecule has 1 aliphatic heterocycles. The maximum atomic E-state index is 12.1. The van der Waals surface area contributed by atoms with Crippen molar-refractivity contribution in [3.05, 3.63) is 48.2 Å². The molecule has 1 aliphatic rings. The summed E-state index contributed by atoms with van der Waals surface area (Å²) in [5, 5.41) is 6.25. The minimum atomic E-state index is 0.116. The van der Waals surface area contributed by atoms with Crippen LogP contribution >= 0.6 is 0 Å². The standard InChI is InChI=1S/C19H23N3O3/c1-24-16-3-2-4-17(11-16)25-18-6-5-14(12-21-18)13-22-19(23)15-7-9-20-10-8-15/h2-6,11-12,15,20H,7-10,13H2,1H3,(H,22,23). The Hall–Kier alpha value is -2.60. The first-order chi connectivity index (χ1) is 12.2. The fraction of sp³-hybridized carbons (Fsp3) is 0.368.